The molecule has 6 nitrogen and oxygen atoms in total. The van der Waals surface area contributed by atoms with E-state index in [0.29, 0.717) is 0 Å². The largest absolute Gasteiger partial charge is 0.305 e. The maximum absolute atomic E-state index is 11.0. The fourth-order valence-electron chi connectivity index (χ4n) is 2.87. The van der Waals surface area contributed by atoms with E-state index >= 15 is 0 Å². The predicted octanol–water partition coefficient (Wildman–Crippen LogP) is 2.20. The molecular weight excluding hydrogens is 280 g/mol. The predicted molar refractivity (Wildman–Crippen MR) is 77.0 cm³/mol. The minimum atomic E-state index is -0.449. The van der Waals surface area contributed by atoms with E-state index in [4.69, 9.17) is 11.6 Å². The van der Waals surface area contributed by atoms with Gasteiger partial charge in [-0.25, -0.2) is 0 Å². The minimum absolute atomic E-state index is 0.0104. The third-order valence-electron chi connectivity index (χ3n) is 3.96. The summed E-state index contributed by atoms with van der Waals surface area (Å²) in [5.41, 5.74) is 5.08. The van der Waals surface area contributed by atoms with Crippen molar-refractivity contribution in [1.82, 2.24) is 10.3 Å². The van der Waals surface area contributed by atoms with Gasteiger partial charge in [0, 0.05) is 37.2 Å². The van der Waals surface area contributed by atoms with Gasteiger partial charge in [-0.05, 0) is 18.7 Å². The Morgan fingerprint density at radius 1 is 1.55 bits per heavy atom. The first kappa shape index (κ1) is 13.3. The van der Waals surface area contributed by atoms with E-state index in [-0.39, 0.29) is 22.7 Å². The molecule has 2 aliphatic heterocycles. The number of nitro benzene ring substituents is 1. The normalized spacial score (nSPS) is 25.8. The summed E-state index contributed by atoms with van der Waals surface area (Å²) in [5.74, 6) is 0.273. The van der Waals surface area contributed by atoms with Crippen molar-refractivity contribution >= 4 is 23.0 Å². The van der Waals surface area contributed by atoms with Crippen molar-refractivity contribution in [2.24, 2.45) is 11.0 Å². The number of hydrogen-bond donors (Lipinski definition) is 1. The highest BCUT2D eigenvalue weighted by Crippen LogP contribution is 2.35. The SMILES string of the molecule is CN1CCC2=NNC(c3ccc(Cl)c([N+](=O)[O-])c3)C2C1. The van der Waals surface area contributed by atoms with Crippen LogP contribution in [0.3, 0.4) is 0 Å². The van der Waals surface area contributed by atoms with Crippen LogP contribution in [0, 0.1) is 16.0 Å². The van der Waals surface area contributed by atoms with Crippen molar-refractivity contribution in [3.8, 4) is 0 Å². The average Bonchev–Trinajstić information content (AvgIpc) is 2.82. The van der Waals surface area contributed by atoms with Crippen molar-refractivity contribution in [2.75, 3.05) is 20.1 Å². The quantitative estimate of drug-likeness (QED) is 0.670. The van der Waals surface area contributed by atoms with Crippen LogP contribution in [0.25, 0.3) is 0 Å². The maximum Gasteiger partial charge on any atom is 0.288 e. The molecule has 0 amide bonds. The molecule has 7 heteroatoms. The van der Waals surface area contributed by atoms with Gasteiger partial charge in [0.25, 0.3) is 5.69 Å². The molecule has 0 radical (unpaired) electrons. The molecule has 106 valence electrons. The summed E-state index contributed by atoms with van der Waals surface area (Å²) < 4.78 is 0. The molecule has 1 aromatic carbocycles. The van der Waals surface area contributed by atoms with Crippen LogP contribution >= 0.6 is 11.6 Å². The fraction of sp³-hybridized carbons (Fsp3) is 0.462. The second-order valence-electron chi connectivity index (χ2n) is 5.30. The van der Waals surface area contributed by atoms with Gasteiger partial charge in [0.15, 0.2) is 0 Å². The van der Waals surface area contributed by atoms with Gasteiger partial charge in [0.05, 0.1) is 11.0 Å². The number of piperidine rings is 1. The third kappa shape index (κ3) is 2.25. The first-order chi connectivity index (χ1) is 9.56. The highest BCUT2D eigenvalue weighted by molar-refractivity contribution is 6.32. The Balaban J connectivity index is 1.90. The summed E-state index contributed by atoms with van der Waals surface area (Å²) in [6, 6.07) is 4.96. The molecule has 2 heterocycles. The Hall–Kier alpha value is -1.66. The number of halogens is 1. The lowest BCUT2D eigenvalue weighted by molar-refractivity contribution is -0.384. The van der Waals surface area contributed by atoms with Gasteiger partial charge < -0.3 is 10.3 Å². The number of likely N-dealkylation sites (tertiary alicyclic amines) is 1. The lowest BCUT2D eigenvalue weighted by Crippen LogP contribution is -2.39. The van der Waals surface area contributed by atoms with Crippen LogP contribution in [0.1, 0.15) is 18.0 Å². The summed E-state index contributed by atoms with van der Waals surface area (Å²) in [7, 11) is 2.08. The zero-order valence-corrected chi connectivity index (χ0v) is 11.8. The molecule has 1 fully saturated rings. The monoisotopic (exact) mass is 294 g/mol. The number of benzene rings is 1. The van der Waals surface area contributed by atoms with Crippen LogP contribution in [0.2, 0.25) is 5.02 Å². The topological polar surface area (TPSA) is 70.8 Å². The fourth-order valence-corrected chi connectivity index (χ4v) is 3.06. The summed E-state index contributed by atoms with van der Waals surface area (Å²) in [6.45, 7) is 1.91. The summed E-state index contributed by atoms with van der Waals surface area (Å²) in [6.07, 6.45) is 0.945. The van der Waals surface area contributed by atoms with Gasteiger partial charge in [-0.15, -0.1) is 0 Å². The molecule has 2 aliphatic rings. The molecule has 0 spiro atoms. The highest BCUT2D eigenvalue weighted by atomic mass is 35.5. The highest BCUT2D eigenvalue weighted by Gasteiger charge is 2.36. The van der Waals surface area contributed by atoms with Crippen LogP contribution in [0.5, 0.6) is 0 Å². The van der Waals surface area contributed by atoms with Crippen LogP contribution in [0.4, 0.5) is 5.69 Å². The molecule has 1 N–H and O–H groups in total. The molecule has 0 aromatic heterocycles. The van der Waals surface area contributed by atoms with Gasteiger partial charge in [0.1, 0.15) is 5.02 Å². The van der Waals surface area contributed by atoms with Gasteiger partial charge in [0.2, 0.25) is 0 Å². The van der Waals surface area contributed by atoms with E-state index in [1.165, 1.54) is 0 Å². The standard InChI is InChI=1S/C13H15ClN4O2/c1-17-5-4-11-9(7-17)13(16-15-11)8-2-3-10(14)12(6-8)18(19)20/h2-3,6,9,13,16H,4-5,7H2,1H3. The second-order valence-corrected chi connectivity index (χ2v) is 5.70. The van der Waals surface area contributed by atoms with Crippen LogP contribution in [-0.2, 0) is 0 Å². The maximum atomic E-state index is 11.0. The zero-order valence-electron chi connectivity index (χ0n) is 11.0. The number of hydrazone groups is 1. The van der Waals surface area contributed by atoms with E-state index in [2.05, 4.69) is 22.5 Å². The molecule has 0 saturated carbocycles. The lowest BCUT2D eigenvalue weighted by atomic mass is 9.86. The summed E-state index contributed by atoms with van der Waals surface area (Å²) >= 11 is 5.86. The Bertz CT molecular complexity index is 590. The van der Waals surface area contributed by atoms with Crippen molar-refractivity contribution in [2.45, 2.75) is 12.5 Å². The Morgan fingerprint density at radius 3 is 3.10 bits per heavy atom. The number of nitro groups is 1. The second kappa shape index (κ2) is 5.03. The van der Waals surface area contributed by atoms with Crippen LogP contribution in [-0.4, -0.2) is 35.7 Å². The zero-order chi connectivity index (χ0) is 14.3. The van der Waals surface area contributed by atoms with Crippen molar-refractivity contribution < 1.29 is 4.92 Å². The first-order valence-electron chi connectivity index (χ1n) is 6.50. The van der Waals surface area contributed by atoms with Crippen molar-refractivity contribution in [1.29, 1.82) is 0 Å². The van der Waals surface area contributed by atoms with E-state index in [1.54, 1.807) is 12.1 Å². The molecule has 3 rings (SSSR count). The van der Waals surface area contributed by atoms with E-state index in [9.17, 15) is 10.1 Å². The van der Waals surface area contributed by atoms with E-state index in [1.807, 2.05) is 6.07 Å². The van der Waals surface area contributed by atoms with E-state index < -0.39 is 4.92 Å². The molecule has 20 heavy (non-hydrogen) atoms. The number of nitrogens with zero attached hydrogens (tertiary/aromatic N) is 3. The minimum Gasteiger partial charge on any atom is -0.305 e. The van der Waals surface area contributed by atoms with Gasteiger partial charge in [-0.2, -0.15) is 5.10 Å². The number of hydrogen-bond acceptors (Lipinski definition) is 5. The molecule has 1 aromatic rings. The van der Waals surface area contributed by atoms with Crippen molar-refractivity contribution in [3.05, 3.63) is 38.9 Å². The summed E-state index contributed by atoms with van der Waals surface area (Å²) in [4.78, 5) is 12.8. The average molecular weight is 295 g/mol. The van der Waals surface area contributed by atoms with E-state index in [0.717, 1.165) is 30.8 Å². The van der Waals surface area contributed by atoms with Gasteiger partial charge in [-0.1, -0.05) is 17.7 Å². The third-order valence-corrected chi connectivity index (χ3v) is 4.28. The lowest BCUT2D eigenvalue weighted by Gasteiger charge is -2.30. The van der Waals surface area contributed by atoms with Gasteiger partial charge >= 0.3 is 0 Å². The first-order valence-corrected chi connectivity index (χ1v) is 6.88. The number of fused-ring (bicyclic) bond motifs is 1. The molecular formula is C13H15ClN4O2. The number of nitrogens with one attached hydrogen (secondary N) is 1. The Labute approximate surface area is 121 Å². The summed E-state index contributed by atoms with van der Waals surface area (Å²) in [5, 5.41) is 15.5. The molecule has 0 aliphatic carbocycles. The van der Waals surface area contributed by atoms with Crippen LogP contribution < -0.4 is 5.43 Å². The molecule has 2 atom stereocenters. The Morgan fingerprint density at radius 2 is 2.35 bits per heavy atom. The van der Waals surface area contributed by atoms with Gasteiger partial charge in [-0.3, -0.25) is 10.1 Å². The molecule has 0 bridgehead atoms. The number of rotatable bonds is 2. The van der Waals surface area contributed by atoms with Crippen molar-refractivity contribution in [3.63, 3.8) is 0 Å². The molecule has 1 saturated heterocycles. The van der Waals surface area contributed by atoms with Crippen LogP contribution in [0.15, 0.2) is 23.3 Å². The smallest absolute Gasteiger partial charge is 0.288 e. The Kier molecular flexibility index (Phi) is 3.35. The molecule has 2 unspecified atom stereocenters.